The summed E-state index contributed by atoms with van der Waals surface area (Å²) in [5.41, 5.74) is 3.20. The molecule has 4 rings (SSSR count). The van der Waals surface area contributed by atoms with Crippen LogP contribution in [-0.2, 0) is 9.53 Å². The number of Topliss-reactive ketones (excluding diaryl/α,β-unsaturated/α-hetero) is 1. The van der Waals surface area contributed by atoms with Crippen LogP contribution < -0.4 is 9.47 Å². The molecule has 0 saturated carbocycles. The molecule has 2 heterocycles. The largest absolute Gasteiger partial charge is 0.452 e. The number of rotatable bonds is 3. The topological polar surface area (TPSA) is 61.8 Å². The van der Waals surface area contributed by atoms with E-state index in [-0.39, 0.29) is 11.5 Å². The van der Waals surface area contributed by atoms with E-state index in [1.165, 1.54) is 0 Å². The van der Waals surface area contributed by atoms with Gasteiger partial charge in [-0.2, -0.15) is 0 Å². The van der Waals surface area contributed by atoms with Crippen molar-refractivity contribution in [3.8, 4) is 11.5 Å². The lowest BCUT2D eigenvalue weighted by atomic mass is 10.0. The summed E-state index contributed by atoms with van der Waals surface area (Å²) >= 11 is 0. The second-order valence-electron chi connectivity index (χ2n) is 6.83. The Hall–Kier alpha value is -2.92. The van der Waals surface area contributed by atoms with E-state index in [4.69, 9.17) is 14.2 Å². The first-order chi connectivity index (χ1) is 13.0. The molecule has 0 aliphatic carbocycles. The fourth-order valence-electron chi connectivity index (χ4n) is 3.37. The standard InChI is InChI=1S/C22H20O5/c1-13-6-3-4-7-15(13)11-19-21(23)20-14(2)10-16(12-18(20)27-19)26-22(24)17-8-5-9-25-17/h3-4,6-7,10-12,17H,5,8-9H2,1-2H3/b19-11-. The predicted molar refractivity (Wildman–Crippen MR) is 99.9 cm³/mol. The van der Waals surface area contributed by atoms with Crippen LogP contribution in [0.15, 0.2) is 42.2 Å². The Kier molecular flexibility index (Phi) is 4.54. The minimum absolute atomic E-state index is 0.164. The molecule has 0 bridgehead atoms. The third kappa shape index (κ3) is 3.38. The predicted octanol–water partition coefficient (Wildman–Crippen LogP) is 4.00. The Bertz CT molecular complexity index is 951. The van der Waals surface area contributed by atoms with E-state index in [9.17, 15) is 9.59 Å². The van der Waals surface area contributed by atoms with Gasteiger partial charge in [0.1, 0.15) is 11.5 Å². The molecule has 1 fully saturated rings. The van der Waals surface area contributed by atoms with Gasteiger partial charge in [0, 0.05) is 12.7 Å². The normalized spacial score (nSPS) is 19.9. The average Bonchev–Trinajstić information content (AvgIpc) is 3.26. The molecule has 5 nitrogen and oxygen atoms in total. The summed E-state index contributed by atoms with van der Waals surface area (Å²) < 4.78 is 16.6. The van der Waals surface area contributed by atoms with Crippen LogP contribution in [-0.4, -0.2) is 24.5 Å². The first-order valence-electron chi connectivity index (χ1n) is 9.01. The van der Waals surface area contributed by atoms with Gasteiger partial charge in [0.2, 0.25) is 5.78 Å². The maximum Gasteiger partial charge on any atom is 0.340 e. The molecule has 0 N–H and O–H groups in total. The van der Waals surface area contributed by atoms with Crippen molar-refractivity contribution in [2.45, 2.75) is 32.8 Å². The van der Waals surface area contributed by atoms with Gasteiger partial charge in [-0.05, 0) is 55.5 Å². The van der Waals surface area contributed by atoms with Gasteiger partial charge in [-0.25, -0.2) is 4.79 Å². The SMILES string of the molecule is Cc1ccccc1/C=C1\Oc2cc(OC(=O)C3CCCO3)cc(C)c2C1=O. The van der Waals surface area contributed by atoms with Gasteiger partial charge in [0.15, 0.2) is 11.9 Å². The number of hydrogen-bond donors (Lipinski definition) is 0. The molecule has 1 saturated heterocycles. The van der Waals surface area contributed by atoms with Crippen molar-refractivity contribution in [2.24, 2.45) is 0 Å². The molecule has 2 aliphatic heterocycles. The first-order valence-corrected chi connectivity index (χ1v) is 9.01. The number of allylic oxidation sites excluding steroid dienone is 1. The van der Waals surface area contributed by atoms with E-state index in [2.05, 4.69) is 0 Å². The number of benzene rings is 2. The highest BCUT2D eigenvalue weighted by molar-refractivity contribution is 6.15. The molecule has 0 spiro atoms. The van der Waals surface area contributed by atoms with Crippen LogP contribution in [0.5, 0.6) is 11.5 Å². The van der Waals surface area contributed by atoms with Crippen LogP contribution in [0.4, 0.5) is 0 Å². The van der Waals surface area contributed by atoms with Gasteiger partial charge in [-0.15, -0.1) is 0 Å². The quantitative estimate of drug-likeness (QED) is 0.468. The monoisotopic (exact) mass is 364 g/mol. The van der Waals surface area contributed by atoms with Gasteiger partial charge < -0.3 is 14.2 Å². The third-order valence-electron chi connectivity index (χ3n) is 4.83. The molecular weight excluding hydrogens is 344 g/mol. The molecule has 2 aromatic rings. The lowest BCUT2D eigenvalue weighted by Crippen LogP contribution is -2.24. The second-order valence-corrected chi connectivity index (χ2v) is 6.83. The summed E-state index contributed by atoms with van der Waals surface area (Å²) in [5.74, 6) is 0.464. The van der Waals surface area contributed by atoms with E-state index in [0.717, 1.165) is 17.5 Å². The Morgan fingerprint density at radius 1 is 1.19 bits per heavy atom. The zero-order valence-electron chi connectivity index (χ0n) is 15.3. The van der Waals surface area contributed by atoms with E-state index >= 15 is 0 Å². The molecule has 138 valence electrons. The number of hydrogen-bond acceptors (Lipinski definition) is 5. The molecule has 2 aromatic carbocycles. The third-order valence-corrected chi connectivity index (χ3v) is 4.83. The Balaban J connectivity index is 1.60. The van der Waals surface area contributed by atoms with Gasteiger partial charge in [0.05, 0.1) is 5.56 Å². The van der Waals surface area contributed by atoms with Crippen LogP contribution >= 0.6 is 0 Å². The van der Waals surface area contributed by atoms with Crippen molar-refractivity contribution in [3.63, 3.8) is 0 Å². The number of aryl methyl sites for hydroxylation is 2. The van der Waals surface area contributed by atoms with Gasteiger partial charge >= 0.3 is 5.97 Å². The number of carbonyl (C=O) groups excluding carboxylic acids is 2. The molecule has 1 unspecified atom stereocenters. The summed E-state index contributed by atoms with van der Waals surface area (Å²) in [7, 11) is 0. The minimum atomic E-state index is -0.516. The Labute approximate surface area is 157 Å². The van der Waals surface area contributed by atoms with E-state index in [1.54, 1.807) is 25.1 Å². The lowest BCUT2D eigenvalue weighted by Gasteiger charge is -2.11. The Morgan fingerprint density at radius 3 is 2.74 bits per heavy atom. The highest BCUT2D eigenvalue weighted by Crippen LogP contribution is 2.38. The number of esters is 1. The van der Waals surface area contributed by atoms with Crippen molar-refractivity contribution in [2.75, 3.05) is 6.61 Å². The zero-order valence-corrected chi connectivity index (χ0v) is 15.3. The fourth-order valence-corrected chi connectivity index (χ4v) is 3.37. The molecule has 2 aliphatic rings. The van der Waals surface area contributed by atoms with E-state index in [1.807, 2.05) is 31.2 Å². The number of fused-ring (bicyclic) bond motifs is 1. The average molecular weight is 364 g/mol. The van der Waals surface area contributed by atoms with Crippen LogP contribution in [0.1, 0.15) is 39.9 Å². The molecule has 27 heavy (non-hydrogen) atoms. The molecule has 1 atom stereocenters. The van der Waals surface area contributed by atoms with Crippen LogP contribution in [0, 0.1) is 13.8 Å². The maximum absolute atomic E-state index is 12.8. The molecule has 0 amide bonds. The minimum Gasteiger partial charge on any atom is -0.452 e. The number of ketones is 1. The van der Waals surface area contributed by atoms with Crippen LogP contribution in [0.3, 0.4) is 0 Å². The summed E-state index contributed by atoms with van der Waals surface area (Å²) in [6.45, 7) is 4.36. The van der Waals surface area contributed by atoms with Crippen LogP contribution in [0.2, 0.25) is 0 Å². The molecule has 5 heteroatoms. The van der Waals surface area contributed by atoms with E-state index < -0.39 is 12.1 Å². The van der Waals surface area contributed by atoms with Gasteiger partial charge in [-0.1, -0.05) is 24.3 Å². The fraction of sp³-hybridized carbons (Fsp3) is 0.273. The molecule has 0 aromatic heterocycles. The summed E-state index contributed by atoms with van der Waals surface area (Å²) in [6, 6.07) is 11.0. The molecule has 0 radical (unpaired) electrons. The second kappa shape index (κ2) is 7.00. The maximum atomic E-state index is 12.8. The van der Waals surface area contributed by atoms with Gasteiger partial charge in [0.25, 0.3) is 0 Å². The first kappa shape index (κ1) is 17.5. The zero-order chi connectivity index (χ0) is 19.0. The molecular formula is C22H20O5. The van der Waals surface area contributed by atoms with Crippen molar-refractivity contribution in [3.05, 3.63) is 64.4 Å². The van der Waals surface area contributed by atoms with Crippen molar-refractivity contribution in [1.29, 1.82) is 0 Å². The summed E-state index contributed by atoms with van der Waals surface area (Å²) in [5, 5.41) is 0. The van der Waals surface area contributed by atoms with Crippen molar-refractivity contribution >= 4 is 17.8 Å². The highest BCUT2D eigenvalue weighted by atomic mass is 16.6. The number of ether oxygens (including phenoxy) is 3. The van der Waals surface area contributed by atoms with E-state index in [0.29, 0.717) is 35.7 Å². The van der Waals surface area contributed by atoms with Crippen LogP contribution in [0.25, 0.3) is 6.08 Å². The summed E-state index contributed by atoms with van der Waals surface area (Å²) in [6.07, 6.45) is 2.75. The highest BCUT2D eigenvalue weighted by Gasteiger charge is 2.31. The van der Waals surface area contributed by atoms with Gasteiger partial charge in [-0.3, -0.25) is 4.79 Å². The lowest BCUT2D eigenvalue weighted by molar-refractivity contribution is -0.144. The summed E-state index contributed by atoms with van der Waals surface area (Å²) in [4.78, 5) is 24.9. The Morgan fingerprint density at radius 2 is 2.00 bits per heavy atom. The smallest absolute Gasteiger partial charge is 0.340 e. The number of carbonyl (C=O) groups is 2. The van der Waals surface area contributed by atoms with Crippen molar-refractivity contribution < 1.29 is 23.8 Å². The van der Waals surface area contributed by atoms with Crippen molar-refractivity contribution in [1.82, 2.24) is 0 Å².